The van der Waals surface area contributed by atoms with Gasteiger partial charge in [-0.15, -0.1) is 0 Å². The standard InChI is InChI=1S/C17H25NO/c1-2-17(11-3-4-12-17)16(18)13-5-7-14(8-6-13)19-15-9-10-15/h5-8,15-16H,2-4,9-12,18H2,1H3. The van der Waals surface area contributed by atoms with E-state index in [1.807, 2.05) is 0 Å². The molecule has 0 aromatic heterocycles. The van der Waals surface area contributed by atoms with E-state index in [0.717, 1.165) is 5.75 Å². The highest BCUT2D eigenvalue weighted by Gasteiger charge is 2.38. The van der Waals surface area contributed by atoms with Gasteiger partial charge in [-0.25, -0.2) is 0 Å². The number of nitrogens with two attached hydrogens (primary N) is 1. The predicted molar refractivity (Wildman–Crippen MR) is 78.2 cm³/mol. The first-order valence-electron chi connectivity index (χ1n) is 7.76. The minimum atomic E-state index is 0.176. The Morgan fingerprint density at radius 3 is 2.37 bits per heavy atom. The van der Waals surface area contributed by atoms with Crippen LogP contribution < -0.4 is 10.5 Å². The van der Waals surface area contributed by atoms with Crippen molar-refractivity contribution in [3.63, 3.8) is 0 Å². The lowest BCUT2D eigenvalue weighted by atomic mass is 9.74. The van der Waals surface area contributed by atoms with Gasteiger partial charge in [0.25, 0.3) is 0 Å². The zero-order valence-corrected chi connectivity index (χ0v) is 11.9. The fourth-order valence-electron chi connectivity index (χ4n) is 3.45. The maximum absolute atomic E-state index is 6.57. The Hall–Kier alpha value is -1.02. The number of ether oxygens (including phenoxy) is 1. The molecule has 2 N–H and O–H groups in total. The van der Waals surface area contributed by atoms with Crippen molar-refractivity contribution in [3.05, 3.63) is 29.8 Å². The topological polar surface area (TPSA) is 35.2 Å². The molecule has 0 heterocycles. The van der Waals surface area contributed by atoms with Gasteiger partial charge in [0, 0.05) is 6.04 Å². The first-order chi connectivity index (χ1) is 9.23. The van der Waals surface area contributed by atoms with Crippen LogP contribution in [0, 0.1) is 5.41 Å². The van der Waals surface area contributed by atoms with E-state index in [0.29, 0.717) is 11.5 Å². The Morgan fingerprint density at radius 2 is 1.84 bits per heavy atom. The molecule has 0 radical (unpaired) electrons. The highest BCUT2D eigenvalue weighted by Crippen LogP contribution is 2.49. The van der Waals surface area contributed by atoms with Crippen LogP contribution in [0.25, 0.3) is 0 Å². The van der Waals surface area contributed by atoms with Crippen LogP contribution in [0.5, 0.6) is 5.75 Å². The molecule has 19 heavy (non-hydrogen) atoms. The van der Waals surface area contributed by atoms with E-state index in [4.69, 9.17) is 10.5 Å². The van der Waals surface area contributed by atoms with Gasteiger partial charge in [-0.1, -0.05) is 31.9 Å². The summed E-state index contributed by atoms with van der Waals surface area (Å²) in [5, 5.41) is 0. The van der Waals surface area contributed by atoms with Gasteiger partial charge < -0.3 is 10.5 Å². The van der Waals surface area contributed by atoms with E-state index in [1.165, 1.54) is 50.5 Å². The summed E-state index contributed by atoms with van der Waals surface area (Å²) in [4.78, 5) is 0. The van der Waals surface area contributed by atoms with Crippen molar-refractivity contribution in [2.24, 2.45) is 11.1 Å². The van der Waals surface area contributed by atoms with Crippen molar-refractivity contribution in [1.29, 1.82) is 0 Å². The largest absolute Gasteiger partial charge is 0.490 e. The second-order valence-electron chi connectivity index (χ2n) is 6.29. The van der Waals surface area contributed by atoms with Crippen molar-refractivity contribution in [3.8, 4) is 5.75 Å². The lowest BCUT2D eigenvalue weighted by molar-refractivity contribution is 0.222. The first kappa shape index (κ1) is 13.0. The summed E-state index contributed by atoms with van der Waals surface area (Å²) in [6.07, 6.45) is 9.32. The summed E-state index contributed by atoms with van der Waals surface area (Å²) in [6.45, 7) is 2.29. The molecule has 0 bridgehead atoms. The van der Waals surface area contributed by atoms with Crippen LogP contribution in [-0.2, 0) is 0 Å². The van der Waals surface area contributed by atoms with E-state index in [2.05, 4.69) is 31.2 Å². The maximum Gasteiger partial charge on any atom is 0.119 e. The third kappa shape index (κ3) is 2.64. The summed E-state index contributed by atoms with van der Waals surface area (Å²) in [6, 6.07) is 8.68. The van der Waals surface area contributed by atoms with Gasteiger partial charge in [0.2, 0.25) is 0 Å². The fourth-order valence-corrected chi connectivity index (χ4v) is 3.45. The molecular weight excluding hydrogens is 234 g/mol. The Labute approximate surface area is 116 Å². The molecule has 0 spiro atoms. The molecule has 2 aliphatic carbocycles. The molecule has 2 heteroatoms. The van der Waals surface area contributed by atoms with Crippen molar-refractivity contribution in [1.82, 2.24) is 0 Å². The van der Waals surface area contributed by atoms with Gasteiger partial charge in [-0.2, -0.15) is 0 Å². The Balaban J connectivity index is 1.73. The summed E-state index contributed by atoms with van der Waals surface area (Å²) in [5.74, 6) is 0.996. The molecule has 2 fully saturated rings. The molecule has 0 aliphatic heterocycles. The van der Waals surface area contributed by atoms with Crippen molar-refractivity contribution < 1.29 is 4.74 Å². The van der Waals surface area contributed by atoms with Gasteiger partial charge >= 0.3 is 0 Å². The van der Waals surface area contributed by atoms with Crippen LogP contribution in [0.4, 0.5) is 0 Å². The van der Waals surface area contributed by atoms with Crippen molar-refractivity contribution in [2.45, 2.75) is 64.0 Å². The number of hydrogen-bond donors (Lipinski definition) is 1. The van der Waals surface area contributed by atoms with Crippen molar-refractivity contribution >= 4 is 0 Å². The maximum atomic E-state index is 6.57. The second-order valence-corrected chi connectivity index (χ2v) is 6.29. The summed E-state index contributed by atoms with van der Waals surface area (Å²) < 4.78 is 5.80. The van der Waals surface area contributed by atoms with E-state index in [9.17, 15) is 0 Å². The van der Waals surface area contributed by atoms with Crippen LogP contribution >= 0.6 is 0 Å². The zero-order chi connectivity index (χ0) is 13.3. The van der Waals surface area contributed by atoms with Crippen molar-refractivity contribution in [2.75, 3.05) is 0 Å². The summed E-state index contributed by atoms with van der Waals surface area (Å²) in [5.41, 5.74) is 8.17. The highest BCUT2D eigenvalue weighted by molar-refractivity contribution is 5.30. The Kier molecular flexibility index (Phi) is 3.53. The number of benzene rings is 1. The molecule has 1 aromatic rings. The van der Waals surface area contributed by atoms with Gasteiger partial charge in [0.15, 0.2) is 0 Å². The SMILES string of the molecule is CCC1(C(N)c2ccc(OC3CC3)cc2)CCCC1. The zero-order valence-electron chi connectivity index (χ0n) is 11.9. The highest BCUT2D eigenvalue weighted by atomic mass is 16.5. The minimum Gasteiger partial charge on any atom is -0.490 e. The summed E-state index contributed by atoms with van der Waals surface area (Å²) >= 11 is 0. The molecule has 0 saturated heterocycles. The molecule has 2 saturated carbocycles. The van der Waals surface area contributed by atoms with Crippen LogP contribution in [0.3, 0.4) is 0 Å². The first-order valence-corrected chi connectivity index (χ1v) is 7.76. The van der Waals surface area contributed by atoms with E-state index in [1.54, 1.807) is 0 Å². The van der Waals surface area contributed by atoms with E-state index >= 15 is 0 Å². The smallest absolute Gasteiger partial charge is 0.119 e. The summed E-state index contributed by atoms with van der Waals surface area (Å²) in [7, 11) is 0. The molecule has 2 aliphatic rings. The number of hydrogen-bond acceptors (Lipinski definition) is 2. The quantitative estimate of drug-likeness (QED) is 0.860. The molecule has 1 aromatic carbocycles. The molecule has 0 amide bonds. The molecular formula is C17H25NO. The van der Waals surface area contributed by atoms with Gasteiger partial charge in [-0.3, -0.25) is 0 Å². The molecule has 1 unspecified atom stereocenters. The Bertz CT molecular complexity index is 415. The predicted octanol–water partition coefficient (Wildman–Crippen LogP) is 4.20. The second kappa shape index (κ2) is 5.16. The van der Waals surface area contributed by atoms with E-state index < -0.39 is 0 Å². The molecule has 1 atom stereocenters. The van der Waals surface area contributed by atoms with Gasteiger partial charge in [0.1, 0.15) is 5.75 Å². The average Bonchev–Trinajstić information content (AvgIpc) is 3.13. The van der Waals surface area contributed by atoms with Crippen LogP contribution in [0.2, 0.25) is 0 Å². The van der Waals surface area contributed by atoms with E-state index in [-0.39, 0.29) is 6.04 Å². The lowest BCUT2D eigenvalue weighted by Crippen LogP contribution is -2.31. The Morgan fingerprint density at radius 1 is 1.21 bits per heavy atom. The lowest BCUT2D eigenvalue weighted by Gasteiger charge is -2.34. The third-order valence-corrected chi connectivity index (χ3v) is 5.03. The normalized spacial score (nSPS) is 23.3. The van der Waals surface area contributed by atoms with Crippen LogP contribution in [0.15, 0.2) is 24.3 Å². The molecule has 104 valence electrons. The fraction of sp³-hybridized carbons (Fsp3) is 0.647. The van der Waals surface area contributed by atoms with Crippen LogP contribution in [0.1, 0.15) is 63.5 Å². The molecule has 2 nitrogen and oxygen atoms in total. The minimum absolute atomic E-state index is 0.176. The van der Waals surface area contributed by atoms with Crippen LogP contribution in [-0.4, -0.2) is 6.10 Å². The average molecular weight is 259 g/mol. The monoisotopic (exact) mass is 259 g/mol. The number of rotatable bonds is 5. The third-order valence-electron chi connectivity index (χ3n) is 5.03. The molecule has 3 rings (SSSR count). The van der Waals surface area contributed by atoms with Gasteiger partial charge in [-0.05, 0) is 55.2 Å². The van der Waals surface area contributed by atoms with Gasteiger partial charge in [0.05, 0.1) is 6.10 Å².